The number of amides is 1. The molecule has 4 rings (SSSR count). The number of phenolic OH excluding ortho intramolecular Hbond substituents is 1. The van der Waals surface area contributed by atoms with Crippen LogP contribution in [0.3, 0.4) is 0 Å². The Balaban J connectivity index is 1.64. The Bertz CT molecular complexity index is 1320. The topological polar surface area (TPSA) is 92.9 Å². The van der Waals surface area contributed by atoms with Crippen LogP contribution in [0.2, 0.25) is 0 Å². The van der Waals surface area contributed by atoms with Gasteiger partial charge in [-0.3, -0.25) is 4.79 Å². The van der Waals surface area contributed by atoms with Crippen molar-refractivity contribution < 1.29 is 31.9 Å². The molecule has 0 spiro atoms. The molecule has 2 N–H and O–H groups in total. The molecule has 2 heterocycles. The molecular weight excluding hydrogens is 449 g/mol. The van der Waals surface area contributed by atoms with Crippen molar-refractivity contribution in [3.8, 4) is 22.7 Å². The molecule has 0 unspecified atom stereocenters. The maximum absolute atomic E-state index is 14.7. The van der Waals surface area contributed by atoms with Crippen LogP contribution in [0.4, 0.5) is 27.6 Å². The molecule has 0 saturated carbocycles. The second-order valence-corrected chi connectivity index (χ2v) is 6.70. The van der Waals surface area contributed by atoms with Gasteiger partial charge in [-0.05, 0) is 35.9 Å². The minimum atomic E-state index is -4.85. The summed E-state index contributed by atoms with van der Waals surface area (Å²) in [7, 11) is 0. The van der Waals surface area contributed by atoms with Crippen LogP contribution in [0.25, 0.3) is 16.9 Å². The number of halogens is 5. The van der Waals surface area contributed by atoms with Gasteiger partial charge in [0.25, 0.3) is 5.91 Å². The molecule has 2 aromatic carbocycles. The summed E-state index contributed by atoms with van der Waals surface area (Å²) < 4.78 is 68.3. The molecular formula is C21H12F5N5O2. The number of aromatic nitrogens is 4. The van der Waals surface area contributed by atoms with E-state index in [4.69, 9.17) is 0 Å². The van der Waals surface area contributed by atoms with Crippen molar-refractivity contribution >= 4 is 11.6 Å². The highest BCUT2D eigenvalue weighted by atomic mass is 19.4. The van der Waals surface area contributed by atoms with E-state index >= 15 is 0 Å². The van der Waals surface area contributed by atoms with E-state index in [0.29, 0.717) is 16.4 Å². The number of carbonyl (C=O) groups excluding carboxylic acids is 1. The Morgan fingerprint density at radius 2 is 1.67 bits per heavy atom. The number of aromatic hydroxyl groups is 1. The Hall–Kier alpha value is -4.35. The zero-order valence-electron chi connectivity index (χ0n) is 16.3. The molecule has 0 radical (unpaired) electrons. The number of alkyl halides is 3. The van der Waals surface area contributed by atoms with E-state index in [-0.39, 0.29) is 11.3 Å². The van der Waals surface area contributed by atoms with Crippen molar-refractivity contribution in [1.82, 2.24) is 20.0 Å². The van der Waals surface area contributed by atoms with Gasteiger partial charge in [-0.25, -0.2) is 13.8 Å². The highest BCUT2D eigenvalue weighted by Gasteiger charge is 2.36. The van der Waals surface area contributed by atoms with E-state index < -0.39 is 46.4 Å². The van der Waals surface area contributed by atoms with Crippen molar-refractivity contribution in [1.29, 1.82) is 0 Å². The monoisotopic (exact) mass is 461 g/mol. The molecule has 0 fully saturated rings. The Morgan fingerprint density at radius 1 is 1.00 bits per heavy atom. The lowest BCUT2D eigenvalue weighted by Gasteiger charge is -2.14. The number of phenols is 1. The van der Waals surface area contributed by atoms with Gasteiger partial charge in [-0.15, -0.1) is 4.80 Å². The predicted octanol–water partition coefficient (Wildman–Crippen LogP) is 4.58. The number of benzene rings is 2. The molecule has 0 atom stereocenters. The Morgan fingerprint density at radius 3 is 2.30 bits per heavy atom. The average molecular weight is 461 g/mol. The molecule has 168 valence electrons. The third kappa shape index (κ3) is 4.35. The maximum Gasteiger partial charge on any atom is 0.420 e. The van der Waals surface area contributed by atoms with Crippen LogP contribution < -0.4 is 5.32 Å². The van der Waals surface area contributed by atoms with Crippen molar-refractivity contribution in [3.63, 3.8) is 0 Å². The van der Waals surface area contributed by atoms with Crippen LogP contribution in [0.15, 0.2) is 61.1 Å². The van der Waals surface area contributed by atoms with Gasteiger partial charge < -0.3 is 10.4 Å². The number of anilines is 1. The summed E-state index contributed by atoms with van der Waals surface area (Å²) in [6, 6.07) is 7.72. The van der Waals surface area contributed by atoms with Gasteiger partial charge in [0.2, 0.25) is 0 Å². The second-order valence-electron chi connectivity index (χ2n) is 6.70. The minimum Gasteiger partial charge on any atom is -0.504 e. The largest absolute Gasteiger partial charge is 0.504 e. The molecule has 7 nitrogen and oxygen atoms in total. The number of hydrogen-bond acceptors (Lipinski definition) is 5. The zero-order chi connectivity index (χ0) is 23.8. The summed E-state index contributed by atoms with van der Waals surface area (Å²) in [4.78, 5) is 16.8. The summed E-state index contributed by atoms with van der Waals surface area (Å²) in [6.45, 7) is 0. The first-order valence-corrected chi connectivity index (χ1v) is 9.18. The summed E-state index contributed by atoms with van der Waals surface area (Å²) >= 11 is 0. The number of rotatable bonds is 4. The molecule has 12 heteroatoms. The molecule has 0 aliphatic heterocycles. The fourth-order valence-corrected chi connectivity index (χ4v) is 3.02. The number of nitrogens with one attached hydrogen (secondary N) is 1. The van der Waals surface area contributed by atoms with Crippen LogP contribution in [0.1, 0.15) is 15.9 Å². The molecule has 0 saturated heterocycles. The summed E-state index contributed by atoms with van der Waals surface area (Å²) in [5.74, 6) is -4.43. The van der Waals surface area contributed by atoms with Crippen molar-refractivity contribution in [3.05, 3.63) is 83.8 Å². The first-order valence-electron chi connectivity index (χ1n) is 9.18. The predicted molar refractivity (Wildman–Crippen MR) is 106 cm³/mol. The lowest BCUT2D eigenvalue weighted by Crippen LogP contribution is -2.18. The van der Waals surface area contributed by atoms with Crippen molar-refractivity contribution in [2.75, 3.05) is 5.32 Å². The van der Waals surface area contributed by atoms with Gasteiger partial charge in [0.05, 0.1) is 29.8 Å². The van der Waals surface area contributed by atoms with Gasteiger partial charge in [0.1, 0.15) is 11.4 Å². The Kier molecular flexibility index (Phi) is 5.50. The number of nitrogens with zero attached hydrogens (tertiary/aromatic N) is 4. The highest BCUT2D eigenvalue weighted by molar-refractivity contribution is 6.05. The van der Waals surface area contributed by atoms with Gasteiger partial charge in [-0.2, -0.15) is 23.4 Å². The quantitative estimate of drug-likeness (QED) is 0.434. The Labute approximate surface area is 182 Å². The summed E-state index contributed by atoms with van der Waals surface area (Å²) in [5, 5.41) is 19.5. The van der Waals surface area contributed by atoms with Gasteiger partial charge in [0.15, 0.2) is 17.4 Å². The third-order valence-corrected chi connectivity index (χ3v) is 4.55. The van der Waals surface area contributed by atoms with Crippen molar-refractivity contribution in [2.45, 2.75) is 6.18 Å². The lowest BCUT2D eigenvalue weighted by atomic mass is 10.0. The normalized spacial score (nSPS) is 11.4. The van der Waals surface area contributed by atoms with Crippen LogP contribution >= 0.6 is 0 Å². The highest BCUT2D eigenvalue weighted by Crippen LogP contribution is 2.35. The van der Waals surface area contributed by atoms with Gasteiger partial charge >= 0.3 is 6.18 Å². The number of hydrogen-bond donors (Lipinski definition) is 2. The van der Waals surface area contributed by atoms with Crippen LogP contribution in [-0.4, -0.2) is 31.0 Å². The van der Waals surface area contributed by atoms with E-state index in [9.17, 15) is 31.9 Å². The molecule has 2 aromatic heterocycles. The first kappa shape index (κ1) is 21.9. The number of carbonyl (C=O) groups is 1. The van der Waals surface area contributed by atoms with Gasteiger partial charge in [0, 0.05) is 5.56 Å². The molecule has 0 aliphatic rings. The third-order valence-electron chi connectivity index (χ3n) is 4.55. The SMILES string of the molecule is O=C(Nc1cnc(-n2nccn2)c(C(F)(F)F)c1)c1ccc(-c2ccc(F)cc2)c(O)c1F. The van der Waals surface area contributed by atoms with E-state index in [1.165, 1.54) is 30.6 Å². The van der Waals surface area contributed by atoms with Crippen molar-refractivity contribution in [2.24, 2.45) is 0 Å². The molecule has 4 aromatic rings. The van der Waals surface area contributed by atoms with E-state index in [2.05, 4.69) is 20.5 Å². The molecule has 0 aliphatic carbocycles. The lowest BCUT2D eigenvalue weighted by molar-refractivity contribution is -0.137. The minimum absolute atomic E-state index is 0.00106. The standard InChI is InChI=1S/C21H12F5N5O2/c22-12-3-1-11(2-4-12)14-5-6-15(17(23)18(14)32)20(33)30-13-9-16(21(24,25)26)19(27-10-13)31-28-7-8-29-31/h1-10,32H,(H,30,33). The zero-order valence-corrected chi connectivity index (χ0v) is 16.3. The van der Waals surface area contributed by atoms with E-state index in [1.807, 2.05) is 0 Å². The molecule has 33 heavy (non-hydrogen) atoms. The fraction of sp³-hybridized carbons (Fsp3) is 0.0476. The molecule has 0 bridgehead atoms. The number of pyridine rings is 1. The van der Waals surface area contributed by atoms with Gasteiger partial charge in [-0.1, -0.05) is 12.1 Å². The fourth-order valence-electron chi connectivity index (χ4n) is 3.02. The summed E-state index contributed by atoms with van der Waals surface area (Å²) in [5.41, 5.74) is -1.93. The second kappa shape index (κ2) is 8.30. The van der Waals surface area contributed by atoms with Crippen LogP contribution in [0.5, 0.6) is 5.75 Å². The van der Waals surface area contributed by atoms with Crippen LogP contribution in [0, 0.1) is 11.6 Å². The van der Waals surface area contributed by atoms with E-state index in [1.54, 1.807) is 0 Å². The smallest absolute Gasteiger partial charge is 0.420 e. The van der Waals surface area contributed by atoms with E-state index in [0.717, 1.165) is 24.4 Å². The first-order chi connectivity index (χ1) is 15.6. The van der Waals surface area contributed by atoms with Crippen LogP contribution in [-0.2, 0) is 6.18 Å². The maximum atomic E-state index is 14.7. The average Bonchev–Trinajstić information content (AvgIpc) is 3.30. The summed E-state index contributed by atoms with van der Waals surface area (Å²) in [6.07, 6.45) is -1.59. The molecule has 1 amide bonds.